The van der Waals surface area contributed by atoms with Gasteiger partial charge in [0.15, 0.2) is 5.82 Å². The van der Waals surface area contributed by atoms with E-state index < -0.39 is 0 Å². The fourth-order valence-corrected chi connectivity index (χ4v) is 4.11. The summed E-state index contributed by atoms with van der Waals surface area (Å²) in [4.78, 5) is 1.07. The van der Waals surface area contributed by atoms with E-state index in [2.05, 4.69) is 26.7 Å². The summed E-state index contributed by atoms with van der Waals surface area (Å²) in [6.45, 7) is 1.98. The lowest BCUT2D eigenvalue weighted by atomic mass is 10.1. The number of aromatic nitrogens is 6. The summed E-state index contributed by atoms with van der Waals surface area (Å²) in [6.07, 6.45) is 1.80. The van der Waals surface area contributed by atoms with Crippen molar-refractivity contribution in [2.24, 2.45) is 0 Å². The van der Waals surface area contributed by atoms with E-state index in [0.717, 1.165) is 33.1 Å². The van der Waals surface area contributed by atoms with Crippen molar-refractivity contribution in [2.45, 2.75) is 6.92 Å². The first-order chi connectivity index (χ1) is 14.2. The topological polar surface area (TPSA) is 61.4 Å². The molecule has 3 heterocycles. The molecule has 0 aliphatic carbocycles. The lowest BCUT2D eigenvalue weighted by Crippen LogP contribution is -2.02. The molecule has 0 saturated carbocycles. The van der Waals surface area contributed by atoms with Crippen LogP contribution < -0.4 is 0 Å². The van der Waals surface area contributed by atoms with E-state index in [1.807, 2.05) is 71.6 Å². The minimum Gasteiger partial charge on any atom is -0.231 e. The number of tetrazole rings is 1. The minimum absolute atomic E-state index is 0.629. The lowest BCUT2D eigenvalue weighted by molar-refractivity contribution is 0.791. The second-order valence-electron chi connectivity index (χ2n) is 6.48. The number of thiophene rings is 1. The molecular weight excluding hydrogens is 404 g/mol. The Labute approximate surface area is 176 Å². The Morgan fingerprint density at radius 1 is 0.931 bits per heavy atom. The van der Waals surface area contributed by atoms with Crippen LogP contribution in [0.4, 0.5) is 0 Å². The molecule has 0 radical (unpaired) electrons. The predicted molar refractivity (Wildman–Crippen MR) is 115 cm³/mol. The first-order valence-corrected chi connectivity index (χ1v) is 10.2. The molecule has 2 aromatic carbocycles. The van der Waals surface area contributed by atoms with Crippen molar-refractivity contribution in [1.82, 2.24) is 30.0 Å². The highest BCUT2D eigenvalue weighted by atomic mass is 35.5. The quantitative estimate of drug-likeness (QED) is 0.402. The Kier molecular flexibility index (Phi) is 4.46. The third kappa shape index (κ3) is 3.14. The van der Waals surface area contributed by atoms with Gasteiger partial charge in [-0.3, -0.25) is 0 Å². The van der Waals surface area contributed by atoms with E-state index in [0.29, 0.717) is 10.8 Å². The standard InChI is InChI=1S/C21H15ClN6S/c1-14-9-10-16(12-18(14)22)27-20(19-8-5-11-29-19)17(13-23-27)21-24-25-26-28(21)15-6-3-2-4-7-15/h2-13H,1H3. The summed E-state index contributed by atoms with van der Waals surface area (Å²) in [7, 11) is 0. The van der Waals surface area contributed by atoms with Crippen molar-refractivity contribution in [3.63, 3.8) is 0 Å². The van der Waals surface area contributed by atoms with E-state index >= 15 is 0 Å². The molecule has 142 valence electrons. The average Bonchev–Trinajstić information content (AvgIpc) is 3.50. The Balaban J connectivity index is 1.73. The molecule has 8 heteroatoms. The van der Waals surface area contributed by atoms with E-state index in [1.165, 1.54) is 0 Å². The van der Waals surface area contributed by atoms with E-state index in [4.69, 9.17) is 11.6 Å². The second-order valence-corrected chi connectivity index (χ2v) is 7.83. The Morgan fingerprint density at radius 3 is 2.55 bits per heavy atom. The van der Waals surface area contributed by atoms with Crippen LogP contribution in [0.3, 0.4) is 0 Å². The molecule has 0 aliphatic heterocycles. The molecule has 0 amide bonds. The van der Waals surface area contributed by atoms with Crippen LogP contribution in [0.5, 0.6) is 0 Å². The summed E-state index contributed by atoms with van der Waals surface area (Å²) in [6, 6.07) is 19.8. The molecule has 0 saturated heterocycles. The van der Waals surface area contributed by atoms with E-state index in [-0.39, 0.29) is 0 Å². The monoisotopic (exact) mass is 418 g/mol. The summed E-state index contributed by atoms with van der Waals surface area (Å²) >= 11 is 8.02. The maximum absolute atomic E-state index is 6.38. The van der Waals surface area contributed by atoms with E-state index in [1.54, 1.807) is 22.2 Å². The molecule has 29 heavy (non-hydrogen) atoms. The van der Waals surface area contributed by atoms with Crippen LogP contribution in [0, 0.1) is 6.92 Å². The van der Waals surface area contributed by atoms with Gasteiger partial charge >= 0.3 is 0 Å². The van der Waals surface area contributed by atoms with Gasteiger partial charge in [0.1, 0.15) is 0 Å². The van der Waals surface area contributed by atoms with Gasteiger partial charge in [0.05, 0.1) is 33.7 Å². The molecule has 0 fully saturated rings. The van der Waals surface area contributed by atoms with Gasteiger partial charge in [0.2, 0.25) is 0 Å². The van der Waals surface area contributed by atoms with Crippen molar-refractivity contribution in [3.05, 3.63) is 82.8 Å². The van der Waals surface area contributed by atoms with Gasteiger partial charge in [-0.25, -0.2) is 4.68 Å². The van der Waals surface area contributed by atoms with Crippen LogP contribution in [0.15, 0.2) is 72.2 Å². The number of hydrogen-bond donors (Lipinski definition) is 0. The molecule has 0 bridgehead atoms. The molecule has 0 unspecified atom stereocenters. The molecule has 5 aromatic rings. The maximum Gasteiger partial charge on any atom is 0.190 e. The lowest BCUT2D eigenvalue weighted by Gasteiger charge is -2.10. The zero-order valence-electron chi connectivity index (χ0n) is 15.4. The number of hydrogen-bond acceptors (Lipinski definition) is 5. The average molecular weight is 419 g/mol. The smallest absolute Gasteiger partial charge is 0.190 e. The van der Waals surface area contributed by atoms with Gasteiger partial charge in [-0.15, -0.1) is 16.4 Å². The number of para-hydroxylation sites is 1. The number of aryl methyl sites for hydroxylation is 1. The van der Waals surface area contributed by atoms with Crippen LogP contribution in [-0.2, 0) is 0 Å². The summed E-state index contributed by atoms with van der Waals surface area (Å²) in [5.41, 5.74) is 4.56. The van der Waals surface area contributed by atoms with Gasteiger partial charge in [-0.1, -0.05) is 41.9 Å². The van der Waals surface area contributed by atoms with Gasteiger partial charge in [-0.05, 0) is 58.6 Å². The van der Waals surface area contributed by atoms with Crippen molar-refractivity contribution >= 4 is 22.9 Å². The summed E-state index contributed by atoms with van der Waals surface area (Å²) < 4.78 is 3.61. The summed E-state index contributed by atoms with van der Waals surface area (Å²) in [5.74, 6) is 0.629. The van der Waals surface area contributed by atoms with Crippen LogP contribution in [0.1, 0.15) is 5.56 Å². The van der Waals surface area contributed by atoms with Crippen LogP contribution in [0.25, 0.3) is 33.3 Å². The van der Waals surface area contributed by atoms with Gasteiger partial charge in [0, 0.05) is 5.02 Å². The van der Waals surface area contributed by atoms with Crippen LogP contribution in [-0.4, -0.2) is 30.0 Å². The fourth-order valence-electron chi connectivity index (χ4n) is 3.17. The van der Waals surface area contributed by atoms with Crippen molar-refractivity contribution < 1.29 is 0 Å². The molecular formula is C21H15ClN6S. The second kappa shape index (κ2) is 7.27. The number of halogens is 1. The van der Waals surface area contributed by atoms with Crippen molar-refractivity contribution in [1.29, 1.82) is 0 Å². The van der Waals surface area contributed by atoms with Crippen LogP contribution >= 0.6 is 22.9 Å². The zero-order valence-corrected chi connectivity index (χ0v) is 17.0. The molecule has 0 spiro atoms. The third-order valence-corrected chi connectivity index (χ3v) is 5.92. The number of rotatable bonds is 4. The minimum atomic E-state index is 0.629. The highest BCUT2D eigenvalue weighted by molar-refractivity contribution is 7.13. The third-order valence-electron chi connectivity index (χ3n) is 4.63. The first-order valence-electron chi connectivity index (χ1n) is 8.95. The molecule has 0 N–H and O–H groups in total. The maximum atomic E-state index is 6.38. The summed E-state index contributed by atoms with van der Waals surface area (Å²) in [5, 5.41) is 19.8. The predicted octanol–water partition coefficient (Wildman–Crippen LogP) is 5.21. The Morgan fingerprint density at radius 2 is 1.79 bits per heavy atom. The van der Waals surface area contributed by atoms with E-state index in [9.17, 15) is 0 Å². The fraction of sp³-hybridized carbons (Fsp3) is 0.0476. The molecule has 0 aliphatic rings. The molecule has 5 rings (SSSR count). The molecule has 0 atom stereocenters. The first kappa shape index (κ1) is 17.8. The largest absolute Gasteiger partial charge is 0.231 e. The Hall–Kier alpha value is -3.29. The highest BCUT2D eigenvalue weighted by Crippen LogP contribution is 2.36. The van der Waals surface area contributed by atoms with Crippen LogP contribution in [0.2, 0.25) is 5.02 Å². The normalized spacial score (nSPS) is 11.1. The van der Waals surface area contributed by atoms with Gasteiger partial charge in [-0.2, -0.15) is 9.78 Å². The Bertz CT molecular complexity index is 1270. The SMILES string of the molecule is Cc1ccc(-n2ncc(-c3nnnn3-c3ccccc3)c2-c2cccs2)cc1Cl. The van der Waals surface area contributed by atoms with Gasteiger partial charge < -0.3 is 0 Å². The van der Waals surface area contributed by atoms with Gasteiger partial charge in [0.25, 0.3) is 0 Å². The zero-order chi connectivity index (χ0) is 19.8. The molecule has 3 aromatic heterocycles. The molecule has 6 nitrogen and oxygen atoms in total. The van der Waals surface area contributed by atoms with Crippen molar-refractivity contribution in [2.75, 3.05) is 0 Å². The number of nitrogens with zero attached hydrogens (tertiary/aromatic N) is 6. The highest BCUT2D eigenvalue weighted by Gasteiger charge is 2.22. The number of benzene rings is 2. The van der Waals surface area contributed by atoms with Crippen molar-refractivity contribution in [3.8, 4) is 33.3 Å².